The summed E-state index contributed by atoms with van der Waals surface area (Å²) in [4.78, 5) is 42.6. The van der Waals surface area contributed by atoms with E-state index in [1.165, 1.54) is 6.33 Å². The summed E-state index contributed by atoms with van der Waals surface area (Å²) in [5.41, 5.74) is 2.77. The second kappa shape index (κ2) is 13.5. The molecule has 44 heavy (non-hydrogen) atoms. The number of nitrogens with one attached hydrogen (secondary N) is 3. The molecule has 1 unspecified atom stereocenters. The Bertz CT molecular complexity index is 1480. The number of benzene rings is 2. The lowest BCUT2D eigenvalue weighted by atomic mass is 9.83. The van der Waals surface area contributed by atoms with Crippen molar-refractivity contribution in [2.75, 3.05) is 77.2 Å². The second-order valence-corrected chi connectivity index (χ2v) is 11.6. The standard InChI is InChI=1S/C32H40N8O4/c1-38-11-13-40(14-12-38)32(42)25-8-10-39-19-22-4-3-5-23(16-22)36-29-18-30(35-21-34-29)37-24-6-7-27(43-2)28(17-24)44-15-9-33-31(41)26(25)20-39/h3-7,16-18,21,25-26H,8-15,19-20H2,1-2H3,(H,33,41)(H2,34,35,36,37)/t25-,26-/m1/s1. The molecule has 2 fully saturated rings. The van der Waals surface area contributed by atoms with Crippen LogP contribution in [-0.4, -0.2) is 103 Å². The van der Waals surface area contributed by atoms with Gasteiger partial charge < -0.3 is 35.2 Å². The van der Waals surface area contributed by atoms with E-state index < -0.39 is 5.92 Å². The predicted molar refractivity (Wildman–Crippen MR) is 167 cm³/mol. The lowest BCUT2D eigenvalue weighted by Gasteiger charge is -2.41. The Labute approximate surface area is 257 Å². The number of ether oxygens (including phenoxy) is 2. The number of piperidine rings is 1. The van der Waals surface area contributed by atoms with E-state index in [2.05, 4.69) is 54.9 Å². The maximum Gasteiger partial charge on any atom is 0.226 e. The molecule has 12 heteroatoms. The molecule has 3 aliphatic heterocycles. The van der Waals surface area contributed by atoms with Gasteiger partial charge in [-0.05, 0) is 49.8 Å². The minimum absolute atomic E-state index is 0.0908. The summed E-state index contributed by atoms with van der Waals surface area (Å²) < 4.78 is 11.6. The first-order valence-corrected chi connectivity index (χ1v) is 15.2. The molecule has 0 radical (unpaired) electrons. The van der Waals surface area contributed by atoms with Crippen LogP contribution >= 0.6 is 0 Å². The fraction of sp³-hybridized carbons (Fsp3) is 0.438. The van der Waals surface area contributed by atoms with Crippen molar-refractivity contribution in [2.45, 2.75) is 13.0 Å². The molecule has 8 bridgehead atoms. The van der Waals surface area contributed by atoms with Crippen LogP contribution in [-0.2, 0) is 16.1 Å². The minimum atomic E-state index is -0.454. The van der Waals surface area contributed by atoms with Crippen molar-refractivity contribution >= 4 is 34.8 Å². The minimum Gasteiger partial charge on any atom is -0.493 e. The number of hydrogen-bond acceptors (Lipinski definition) is 10. The van der Waals surface area contributed by atoms with Crippen molar-refractivity contribution in [1.82, 2.24) is 30.0 Å². The van der Waals surface area contributed by atoms with Gasteiger partial charge in [-0.25, -0.2) is 9.97 Å². The summed E-state index contributed by atoms with van der Waals surface area (Å²) >= 11 is 0. The highest BCUT2D eigenvalue weighted by molar-refractivity contribution is 5.88. The van der Waals surface area contributed by atoms with Crippen LogP contribution in [0, 0.1) is 11.8 Å². The van der Waals surface area contributed by atoms with Crippen molar-refractivity contribution in [3.8, 4) is 11.5 Å². The van der Waals surface area contributed by atoms with Gasteiger partial charge in [0.1, 0.15) is 24.6 Å². The molecule has 3 aromatic rings. The van der Waals surface area contributed by atoms with E-state index in [-0.39, 0.29) is 24.3 Å². The number of anilines is 4. The number of methoxy groups -OCH3 is 1. The maximum absolute atomic E-state index is 13.7. The Morgan fingerprint density at radius 2 is 1.75 bits per heavy atom. The molecule has 0 spiro atoms. The number of likely N-dealkylation sites (N-methyl/N-ethyl adjacent to an activating group) is 1. The van der Waals surface area contributed by atoms with E-state index in [4.69, 9.17) is 9.47 Å². The molecule has 3 N–H and O–H groups in total. The highest BCUT2D eigenvalue weighted by Crippen LogP contribution is 2.32. The highest BCUT2D eigenvalue weighted by Gasteiger charge is 2.40. The van der Waals surface area contributed by atoms with Crippen LogP contribution in [0.1, 0.15) is 12.0 Å². The summed E-state index contributed by atoms with van der Waals surface area (Å²) in [6, 6.07) is 15.6. The predicted octanol–water partition coefficient (Wildman–Crippen LogP) is 2.69. The zero-order valence-electron chi connectivity index (χ0n) is 25.3. The topological polar surface area (TPSA) is 124 Å². The van der Waals surface area contributed by atoms with Gasteiger partial charge in [0.25, 0.3) is 0 Å². The van der Waals surface area contributed by atoms with Crippen LogP contribution in [0.3, 0.4) is 0 Å². The number of fused-ring (bicyclic) bond motifs is 8. The smallest absolute Gasteiger partial charge is 0.226 e. The normalized spacial score (nSPS) is 22.8. The summed E-state index contributed by atoms with van der Waals surface area (Å²) in [6.07, 6.45) is 2.15. The third-order valence-corrected chi connectivity index (χ3v) is 8.53. The molecule has 232 valence electrons. The van der Waals surface area contributed by atoms with Gasteiger partial charge in [-0.1, -0.05) is 12.1 Å². The number of carbonyl (C=O) groups excluding carboxylic acids is 2. The largest absolute Gasteiger partial charge is 0.493 e. The second-order valence-electron chi connectivity index (χ2n) is 11.6. The molecule has 0 saturated carbocycles. The first kappa shape index (κ1) is 29.6. The molecule has 12 nitrogen and oxygen atoms in total. The van der Waals surface area contributed by atoms with Crippen LogP contribution < -0.4 is 25.4 Å². The lowest BCUT2D eigenvalue weighted by Crippen LogP contribution is -2.55. The molecule has 3 atom stereocenters. The van der Waals surface area contributed by atoms with E-state index in [0.29, 0.717) is 62.3 Å². The first-order chi connectivity index (χ1) is 21.4. The van der Waals surface area contributed by atoms with Crippen molar-refractivity contribution in [2.24, 2.45) is 11.8 Å². The highest BCUT2D eigenvalue weighted by atomic mass is 16.5. The van der Waals surface area contributed by atoms with Gasteiger partial charge in [-0.2, -0.15) is 0 Å². The van der Waals surface area contributed by atoms with Gasteiger partial charge in [0.2, 0.25) is 11.8 Å². The number of rotatable bonds is 2. The molecule has 6 rings (SSSR count). The summed E-state index contributed by atoms with van der Waals surface area (Å²) in [7, 11) is 3.66. The molecule has 0 aliphatic carbocycles. The fourth-order valence-electron chi connectivity index (χ4n) is 6.11. The zero-order valence-corrected chi connectivity index (χ0v) is 25.3. The Kier molecular flexibility index (Phi) is 9.08. The Morgan fingerprint density at radius 3 is 2.52 bits per heavy atom. The average molecular weight is 601 g/mol. The molecule has 1 aromatic heterocycles. The molecular weight excluding hydrogens is 560 g/mol. The summed E-state index contributed by atoms with van der Waals surface area (Å²) in [6.45, 7) is 5.55. The van der Waals surface area contributed by atoms with Gasteiger partial charge in [0.15, 0.2) is 11.5 Å². The number of amides is 2. The lowest BCUT2D eigenvalue weighted by molar-refractivity contribution is -0.146. The van der Waals surface area contributed by atoms with Crippen molar-refractivity contribution in [3.63, 3.8) is 0 Å². The van der Waals surface area contributed by atoms with E-state index in [0.717, 1.165) is 36.6 Å². The van der Waals surface area contributed by atoms with Crippen LogP contribution in [0.25, 0.3) is 0 Å². The summed E-state index contributed by atoms with van der Waals surface area (Å²) in [5.74, 6) is 1.56. The quantitative estimate of drug-likeness (QED) is 0.405. The van der Waals surface area contributed by atoms with E-state index in [1.54, 1.807) is 7.11 Å². The van der Waals surface area contributed by atoms with E-state index in [1.807, 2.05) is 41.3 Å². The number of nitrogens with zero attached hydrogens (tertiary/aromatic N) is 5. The van der Waals surface area contributed by atoms with E-state index >= 15 is 0 Å². The molecule has 3 aliphatic rings. The van der Waals surface area contributed by atoms with E-state index in [9.17, 15) is 9.59 Å². The molecule has 2 saturated heterocycles. The first-order valence-electron chi connectivity index (χ1n) is 15.2. The van der Waals surface area contributed by atoms with Gasteiger partial charge in [0.05, 0.1) is 25.5 Å². The van der Waals surface area contributed by atoms with Crippen molar-refractivity contribution in [3.05, 3.63) is 60.4 Å². The van der Waals surface area contributed by atoms with Crippen molar-refractivity contribution in [1.29, 1.82) is 0 Å². The number of aromatic nitrogens is 2. The number of hydrogen-bond donors (Lipinski definition) is 3. The van der Waals surface area contributed by atoms with Gasteiger partial charge in [-0.15, -0.1) is 0 Å². The maximum atomic E-state index is 13.7. The number of piperazine rings is 1. The Balaban J connectivity index is 1.27. The molecule has 4 heterocycles. The van der Waals surface area contributed by atoms with Gasteiger partial charge in [-0.3, -0.25) is 14.5 Å². The zero-order chi connectivity index (χ0) is 30.5. The van der Waals surface area contributed by atoms with Gasteiger partial charge >= 0.3 is 0 Å². The third-order valence-electron chi connectivity index (χ3n) is 8.53. The molecular formula is C32H40N8O4. The Hall–Kier alpha value is -4.42. The summed E-state index contributed by atoms with van der Waals surface area (Å²) in [5, 5.41) is 9.74. The number of carbonyl (C=O) groups is 2. The van der Waals surface area contributed by atoms with Gasteiger partial charge in [0, 0.05) is 62.8 Å². The Morgan fingerprint density at radius 1 is 0.977 bits per heavy atom. The molecule has 2 amide bonds. The monoisotopic (exact) mass is 600 g/mol. The van der Waals surface area contributed by atoms with Crippen LogP contribution in [0.2, 0.25) is 0 Å². The average Bonchev–Trinajstić information content (AvgIpc) is 3.03. The third kappa shape index (κ3) is 7.03. The SMILES string of the molecule is COc1ccc2cc1OCCNC(=O)[C@@H]1CN(CC[C@H]1C(=O)N1CCN(C)CC1)Cc1cccc(c1)Nc1cc(ncn1)N2. The van der Waals surface area contributed by atoms with Crippen molar-refractivity contribution < 1.29 is 19.1 Å². The van der Waals surface area contributed by atoms with Crippen LogP contribution in [0.15, 0.2) is 54.9 Å². The molecule has 2 aromatic carbocycles. The van der Waals surface area contributed by atoms with Crippen LogP contribution in [0.5, 0.6) is 11.5 Å². The fourth-order valence-corrected chi connectivity index (χ4v) is 6.11. The van der Waals surface area contributed by atoms with Crippen LogP contribution in [0.4, 0.5) is 23.0 Å².